The number of alkyl halides is 1. The molecule has 3 rings (SSSR count). The second-order valence-electron chi connectivity index (χ2n) is 7.37. The number of fused-ring (bicyclic) bond motifs is 2. The highest BCUT2D eigenvalue weighted by atomic mass is 19.2. The Bertz CT molecular complexity index is 530. The van der Waals surface area contributed by atoms with Crippen LogP contribution in [0.25, 0.3) is 0 Å². The minimum atomic E-state index is -2.34. The molecule has 124 valence electrons. The average Bonchev–Trinajstić information content (AvgIpc) is 2.45. The Balaban J connectivity index is 1.84. The molecule has 1 heterocycles. The zero-order valence-electron chi connectivity index (χ0n) is 12.9. The van der Waals surface area contributed by atoms with Crippen LogP contribution in [0.3, 0.4) is 0 Å². The van der Waals surface area contributed by atoms with E-state index in [4.69, 9.17) is 0 Å². The Morgan fingerprint density at radius 1 is 1.18 bits per heavy atom. The van der Waals surface area contributed by atoms with Crippen molar-refractivity contribution < 1.29 is 17.6 Å². The van der Waals surface area contributed by atoms with Gasteiger partial charge in [0.1, 0.15) is 5.70 Å². The maximum atomic E-state index is 13.9. The minimum Gasteiger partial charge on any atom is -0.375 e. The van der Waals surface area contributed by atoms with Crippen LogP contribution in [0.4, 0.5) is 17.6 Å². The molecule has 4 unspecified atom stereocenters. The lowest BCUT2D eigenvalue weighted by atomic mass is 9.61. The summed E-state index contributed by atoms with van der Waals surface area (Å²) in [5.41, 5.74) is -1.21. The Morgan fingerprint density at radius 2 is 1.91 bits per heavy atom. The predicted molar refractivity (Wildman–Crippen MR) is 76.2 cm³/mol. The van der Waals surface area contributed by atoms with E-state index in [0.29, 0.717) is 17.8 Å². The molecular formula is C16H22F4N2. The highest BCUT2D eigenvalue weighted by Gasteiger charge is 2.43. The molecule has 6 heteroatoms. The summed E-state index contributed by atoms with van der Waals surface area (Å²) in [5, 5.41) is 4.30. The van der Waals surface area contributed by atoms with Gasteiger partial charge in [-0.3, -0.25) is 0 Å². The van der Waals surface area contributed by atoms with Gasteiger partial charge in [0.2, 0.25) is 18.1 Å². The van der Waals surface area contributed by atoms with E-state index < -0.39 is 35.1 Å². The lowest BCUT2D eigenvalue weighted by Gasteiger charge is -2.49. The maximum Gasteiger partial charge on any atom is 0.227 e. The summed E-state index contributed by atoms with van der Waals surface area (Å²) in [6.45, 7) is 4.10. The molecule has 2 N–H and O–H groups in total. The van der Waals surface area contributed by atoms with E-state index in [-0.39, 0.29) is 0 Å². The average molecular weight is 318 g/mol. The maximum absolute atomic E-state index is 13.9. The van der Waals surface area contributed by atoms with Crippen LogP contribution in [-0.4, -0.2) is 11.8 Å². The van der Waals surface area contributed by atoms with Crippen molar-refractivity contribution in [1.29, 1.82) is 0 Å². The summed E-state index contributed by atoms with van der Waals surface area (Å²) >= 11 is 0. The molecule has 0 aromatic heterocycles. The van der Waals surface area contributed by atoms with Crippen molar-refractivity contribution in [3.05, 3.63) is 23.3 Å². The fraction of sp³-hybridized carbons (Fsp3) is 0.750. The molecule has 2 bridgehead atoms. The molecule has 3 aliphatic rings. The highest BCUT2D eigenvalue weighted by Crippen LogP contribution is 2.47. The van der Waals surface area contributed by atoms with E-state index in [1.807, 2.05) is 6.92 Å². The van der Waals surface area contributed by atoms with Crippen molar-refractivity contribution in [3.8, 4) is 0 Å². The zero-order valence-corrected chi connectivity index (χ0v) is 12.9. The van der Waals surface area contributed by atoms with Crippen LogP contribution in [0, 0.1) is 17.8 Å². The molecule has 0 aromatic rings. The number of allylic oxidation sites excluding steroid dienone is 1. The Morgan fingerprint density at radius 3 is 2.64 bits per heavy atom. The smallest absolute Gasteiger partial charge is 0.227 e. The summed E-state index contributed by atoms with van der Waals surface area (Å²) in [4.78, 5) is 0. The van der Waals surface area contributed by atoms with E-state index >= 15 is 0 Å². The monoisotopic (exact) mass is 318 g/mol. The molecule has 0 saturated heterocycles. The highest BCUT2D eigenvalue weighted by molar-refractivity contribution is 5.35. The van der Waals surface area contributed by atoms with Crippen LogP contribution in [0.15, 0.2) is 23.3 Å². The van der Waals surface area contributed by atoms with Crippen molar-refractivity contribution >= 4 is 0 Å². The molecule has 0 spiro atoms. The fourth-order valence-corrected chi connectivity index (χ4v) is 4.38. The zero-order chi connectivity index (χ0) is 16.1. The van der Waals surface area contributed by atoms with E-state index in [9.17, 15) is 17.6 Å². The van der Waals surface area contributed by atoms with Crippen LogP contribution in [0.5, 0.6) is 0 Å². The van der Waals surface area contributed by atoms with Gasteiger partial charge in [0.05, 0.1) is 0 Å². The van der Waals surface area contributed by atoms with Gasteiger partial charge in [0, 0.05) is 5.54 Å². The SMILES string of the molecule is C[C@@H]1CCC2CC1CC(C)(NC1=C(F)C(F)NC(F)=C1F)C2. The molecule has 0 amide bonds. The van der Waals surface area contributed by atoms with Gasteiger partial charge in [-0.15, -0.1) is 0 Å². The molecule has 0 aromatic carbocycles. The van der Waals surface area contributed by atoms with E-state index in [1.165, 1.54) is 11.7 Å². The normalized spacial score (nSPS) is 42.3. The Hall–Kier alpha value is -1.20. The van der Waals surface area contributed by atoms with Crippen LogP contribution in [0.1, 0.15) is 46.0 Å². The third kappa shape index (κ3) is 2.72. The molecular weight excluding hydrogens is 296 g/mol. The molecule has 5 atom stereocenters. The van der Waals surface area contributed by atoms with Crippen molar-refractivity contribution in [2.75, 3.05) is 0 Å². The first-order chi connectivity index (χ1) is 10.3. The second kappa shape index (κ2) is 5.46. The standard InChI is InChI=1S/C16H22F4N2/c1-8-3-4-9-5-10(8)7-16(2,6-9)22-13-11(17)14(19)21-15(20)12(13)18/h8-10,14,21-22H,3-7H2,1-2H3/t8-,9?,10?,14?,16?/m1/s1. The number of dihydropyridines is 1. The summed E-state index contributed by atoms with van der Waals surface area (Å²) < 4.78 is 54.5. The molecule has 2 saturated carbocycles. The summed E-state index contributed by atoms with van der Waals surface area (Å²) in [5.74, 6) is -2.57. The van der Waals surface area contributed by atoms with Crippen LogP contribution >= 0.6 is 0 Å². The second-order valence-corrected chi connectivity index (χ2v) is 7.37. The van der Waals surface area contributed by atoms with Crippen molar-refractivity contribution in [2.45, 2.75) is 57.8 Å². The van der Waals surface area contributed by atoms with Gasteiger partial charge in [-0.25, -0.2) is 8.78 Å². The lowest BCUT2D eigenvalue weighted by molar-refractivity contribution is 0.0666. The van der Waals surface area contributed by atoms with Gasteiger partial charge in [-0.2, -0.15) is 8.78 Å². The van der Waals surface area contributed by atoms with Crippen molar-refractivity contribution in [1.82, 2.24) is 10.6 Å². The first-order valence-electron chi connectivity index (χ1n) is 7.93. The molecule has 2 fully saturated rings. The molecule has 1 aliphatic heterocycles. The number of rotatable bonds is 2. The van der Waals surface area contributed by atoms with Crippen LogP contribution in [0.2, 0.25) is 0 Å². The van der Waals surface area contributed by atoms with Crippen molar-refractivity contribution in [2.24, 2.45) is 17.8 Å². The minimum absolute atomic E-state index is 0.494. The molecule has 0 radical (unpaired) electrons. The Kier molecular flexibility index (Phi) is 3.89. The molecule has 2 nitrogen and oxygen atoms in total. The van der Waals surface area contributed by atoms with Gasteiger partial charge in [0.25, 0.3) is 0 Å². The van der Waals surface area contributed by atoms with E-state index in [2.05, 4.69) is 12.2 Å². The number of hydrogen-bond acceptors (Lipinski definition) is 2. The lowest BCUT2D eigenvalue weighted by Crippen LogP contribution is -2.51. The first-order valence-corrected chi connectivity index (χ1v) is 7.93. The Labute approximate surface area is 128 Å². The van der Waals surface area contributed by atoms with Gasteiger partial charge < -0.3 is 10.6 Å². The predicted octanol–water partition coefficient (Wildman–Crippen LogP) is 4.37. The largest absolute Gasteiger partial charge is 0.375 e. The molecule has 2 aliphatic carbocycles. The van der Waals surface area contributed by atoms with E-state index in [1.54, 1.807) is 0 Å². The van der Waals surface area contributed by atoms with Crippen molar-refractivity contribution in [3.63, 3.8) is 0 Å². The third-order valence-corrected chi connectivity index (χ3v) is 5.48. The number of hydrogen-bond donors (Lipinski definition) is 2. The quantitative estimate of drug-likeness (QED) is 0.583. The van der Waals surface area contributed by atoms with Gasteiger partial charge in [0.15, 0.2) is 5.83 Å². The number of nitrogens with one attached hydrogen (secondary N) is 2. The first kappa shape index (κ1) is 15.7. The van der Waals surface area contributed by atoms with Gasteiger partial charge in [-0.1, -0.05) is 19.8 Å². The summed E-state index contributed by atoms with van der Waals surface area (Å²) in [6, 6.07) is 0. The van der Waals surface area contributed by atoms with Crippen LogP contribution in [-0.2, 0) is 0 Å². The van der Waals surface area contributed by atoms with Crippen LogP contribution < -0.4 is 10.6 Å². The van der Waals surface area contributed by atoms with Gasteiger partial charge in [-0.05, 0) is 43.9 Å². The topological polar surface area (TPSA) is 24.1 Å². The fourth-order valence-electron chi connectivity index (χ4n) is 4.38. The van der Waals surface area contributed by atoms with E-state index in [0.717, 1.165) is 25.7 Å². The number of halogens is 4. The summed E-state index contributed by atoms with van der Waals surface area (Å²) in [7, 11) is 0. The summed E-state index contributed by atoms with van der Waals surface area (Å²) in [6.07, 6.45) is 2.62. The molecule has 22 heavy (non-hydrogen) atoms. The third-order valence-electron chi connectivity index (χ3n) is 5.48. The van der Waals surface area contributed by atoms with Gasteiger partial charge >= 0.3 is 0 Å².